The maximum absolute atomic E-state index is 11.9. The zero-order valence-corrected chi connectivity index (χ0v) is 27.6. The molecule has 0 aliphatic carbocycles. The van der Waals surface area contributed by atoms with Crippen molar-refractivity contribution in [3.05, 3.63) is 101 Å². The number of fused-ring (bicyclic) bond motifs is 2. The van der Waals surface area contributed by atoms with Gasteiger partial charge in [0.15, 0.2) is 12.3 Å². The van der Waals surface area contributed by atoms with Gasteiger partial charge >= 0.3 is 7.60 Å². The fourth-order valence-corrected chi connectivity index (χ4v) is 7.04. The average molecular weight is 626 g/mol. The molecule has 0 atom stereocenters. The minimum atomic E-state index is -4.36. The molecule has 3 N–H and O–H groups in total. The highest BCUT2D eigenvalue weighted by Gasteiger charge is 2.44. The smallest absolute Gasteiger partial charge is 0.344 e. The molecule has 0 saturated heterocycles. The summed E-state index contributed by atoms with van der Waals surface area (Å²) in [5, 5.41) is 0.0239. The van der Waals surface area contributed by atoms with Gasteiger partial charge in [0, 0.05) is 41.1 Å². The fourth-order valence-electron chi connectivity index (χ4n) is 6.06. The number of aryl methyl sites for hydroxylation is 1. The molecule has 43 heavy (non-hydrogen) atoms. The average Bonchev–Trinajstić information content (AvgIpc) is 3.24. The maximum Gasteiger partial charge on any atom is 0.356 e. The molecule has 2 aromatic rings. The molecule has 2 aliphatic rings. The van der Waals surface area contributed by atoms with Crippen LogP contribution in [0.3, 0.4) is 0 Å². The number of anilines is 1. The molecule has 0 aromatic heterocycles. The van der Waals surface area contributed by atoms with Crippen LogP contribution in [0.1, 0.15) is 58.2 Å². The van der Waals surface area contributed by atoms with Crippen LogP contribution in [-0.4, -0.2) is 51.9 Å². The molecule has 0 spiro atoms. The highest BCUT2D eigenvalue weighted by Crippen LogP contribution is 2.48. The monoisotopic (exact) mass is 625 g/mol. The molecule has 2 heterocycles. The van der Waals surface area contributed by atoms with E-state index in [2.05, 4.69) is 45.6 Å². The Hall–Kier alpha value is -3.07. The van der Waals surface area contributed by atoms with Gasteiger partial charge in [0.1, 0.15) is 5.75 Å². The van der Waals surface area contributed by atoms with Crippen LogP contribution in [0.2, 0.25) is 0 Å². The number of likely N-dealkylation sites (N-methyl/N-ethyl adjacent to an activating group) is 1. The standard InChI is InChI=1S/C33H41N2O6PS/c1-8-34-28-18-16-25(42(36,37)38)22-27(28)33(6,7)30(34)13-9-11-23(2)12-10-14-31-32(4,5)26-21-24(3)15-17-29(26)35(31)19-20-43(39,40)41/h9-18,21-22H,8,19-20H2,1-7H3,(H2-,36,37,38,39,40,41)/p+1. The van der Waals surface area contributed by atoms with Gasteiger partial charge in [-0.05, 0) is 70.5 Å². The minimum absolute atomic E-state index is 0.0239. The molecule has 10 heteroatoms. The summed E-state index contributed by atoms with van der Waals surface area (Å²) in [6.45, 7) is 15.3. The van der Waals surface area contributed by atoms with Crippen LogP contribution in [0.15, 0.2) is 84.1 Å². The van der Waals surface area contributed by atoms with Gasteiger partial charge in [0.2, 0.25) is 5.69 Å². The fraction of sp³-hybridized carbons (Fsp3) is 0.364. The molecule has 230 valence electrons. The van der Waals surface area contributed by atoms with Crippen LogP contribution >= 0.6 is 7.60 Å². The summed E-state index contributed by atoms with van der Waals surface area (Å²) in [6.07, 6.45) is 12.0. The largest absolute Gasteiger partial charge is 0.356 e. The van der Waals surface area contributed by atoms with Gasteiger partial charge in [-0.15, -0.1) is 0 Å². The molecule has 0 radical (unpaired) electrons. The van der Waals surface area contributed by atoms with E-state index in [0.29, 0.717) is 6.54 Å². The summed E-state index contributed by atoms with van der Waals surface area (Å²) < 4.78 is 46.4. The Morgan fingerprint density at radius 3 is 2.35 bits per heavy atom. The zero-order chi connectivity index (χ0) is 32.0. The van der Waals surface area contributed by atoms with E-state index in [1.54, 1.807) is 12.1 Å². The van der Waals surface area contributed by atoms with E-state index in [0.717, 1.165) is 45.0 Å². The molecular formula is C33H42N2O6PS+. The molecule has 2 aromatic carbocycles. The van der Waals surface area contributed by atoms with Crippen molar-refractivity contribution in [1.82, 2.24) is 0 Å². The van der Waals surface area contributed by atoms with Gasteiger partial charge < -0.3 is 14.7 Å². The Morgan fingerprint density at radius 1 is 1.02 bits per heavy atom. The number of rotatable bonds is 9. The normalized spacial score (nSPS) is 19.3. The minimum Gasteiger partial charge on any atom is -0.344 e. The van der Waals surface area contributed by atoms with Crippen molar-refractivity contribution in [2.24, 2.45) is 0 Å². The lowest BCUT2D eigenvalue weighted by atomic mass is 9.81. The lowest BCUT2D eigenvalue weighted by molar-refractivity contribution is -0.432. The van der Waals surface area contributed by atoms with E-state index in [1.165, 1.54) is 6.07 Å². The maximum atomic E-state index is 11.9. The van der Waals surface area contributed by atoms with Crippen LogP contribution in [0.4, 0.5) is 11.4 Å². The second kappa shape index (κ2) is 11.8. The molecule has 0 fully saturated rings. The van der Waals surface area contributed by atoms with Crippen LogP contribution in [0.5, 0.6) is 0 Å². The number of hydrogen-bond acceptors (Lipinski definition) is 4. The van der Waals surface area contributed by atoms with Crippen molar-refractivity contribution in [1.29, 1.82) is 0 Å². The lowest BCUT2D eigenvalue weighted by Crippen LogP contribution is -2.29. The van der Waals surface area contributed by atoms with Crippen molar-refractivity contribution >= 4 is 40.1 Å². The van der Waals surface area contributed by atoms with E-state index in [9.17, 15) is 27.3 Å². The summed E-state index contributed by atoms with van der Waals surface area (Å²) in [6, 6.07) is 11.1. The molecule has 0 saturated carbocycles. The van der Waals surface area contributed by atoms with Crippen molar-refractivity contribution in [3.8, 4) is 0 Å². The number of allylic oxidation sites excluding steroid dienone is 8. The van der Waals surface area contributed by atoms with E-state index < -0.39 is 23.1 Å². The van der Waals surface area contributed by atoms with Crippen LogP contribution in [0, 0.1) is 6.92 Å². The molecule has 4 rings (SSSR count). The predicted octanol–water partition coefficient (Wildman–Crippen LogP) is 5.82. The SMILES string of the molecule is CCN1/C(=C/C=C/C(C)=C/C=C/C2=[N+](CCS(=O)(=O)O)c3ccc(C)cc3C2(C)C)C(C)(C)c2cc(P(=O)(O)O)ccc21. The van der Waals surface area contributed by atoms with Crippen molar-refractivity contribution < 1.29 is 31.9 Å². The lowest BCUT2D eigenvalue weighted by Gasteiger charge is -2.25. The molecular weight excluding hydrogens is 583 g/mol. The summed E-state index contributed by atoms with van der Waals surface area (Å²) in [5.74, 6) is -0.365. The zero-order valence-electron chi connectivity index (χ0n) is 25.9. The second-order valence-electron chi connectivity index (χ2n) is 12.3. The van der Waals surface area contributed by atoms with E-state index >= 15 is 0 Å². The quantitative estimate of drug-likeness (QED) is 0.139. The Kier molecular flexibility index (Phi) is 9.00. The molecule has 0 amide bonds. The summed E-state index contributed by atoms with van der Waals surface area (Å²) in [4.78, 5) is 21.6. The number of nitrogens with zero attached hydrogens (tertiary/aromatic N) is 2. The van der Waals surface area contributed by atoms with E-state index in [-0.39, 0.29) is 23.0 Å². The first-order valence-electron chi connectivity index (χ1n) is 14.3. The molecule has 0 unspecified atom stereocenters. The van der Waals surface area contributed by atoms with Crippen LogP contribution < -0.4 is 10.2 Å². The predicted molar refractivity (Wildman–Crippen MR) is 175 cm³/mol. The molecule has 2 aliphatic heterocycles. The highest BCUT2D eigenvalue weighted by molar-refractivity contribution is 7.85. The van der Waals surface area contributed by atoms with Crippen molar-refractivity contribution in [2.75, 3.05) is 23.7 Å². The Labute approximate surface area is 255 Å². The molecule has 8 nitrogen and oxygen atoms in total. The second-order valence-corrected chi connectivity index (χ2v) is 15.4. The van der Waals surface area contributed by atoms with Crippen molar-refractivity contribution in [2.45, 2.75) is 59.3 Å². The first-order chi connectivity index (χ1) is 19.9. The van der Waals surface area contributed by atoms with Crippen LogP contribution in [-0.2, 0) is 25.5 Å². The summed E-state index contributed by atoms with van der Waals surface area (Å²) in [7, 11) is -8.48. The highest BCUT2D eigenvalue weighted by atomic mass is 32.2. The van der Waals surface area contributed by atoms with Gasteiger partial charge in [-0.3, -0.25) is 9.12 Å². The third-order valence-corrected chi connectivity index (χ3v) is 10.0. The summed E-state index contributed by atoms with van der Waals surface area (Å²) in [5.41, 5.74) is 7.21. The third kappa shape index (κ3) is 6.71. The topological polar surface area (TPSA) is 118 Å². The number of benzene rings is 2. The van der Waals surface area contributed by atoms with Gasteiger partial charge in [0.05, 0.1) is 10.7 Å². The Morgan fingerprint density at radius 2 is 1.72 bits per heavy atom. The van der Waals surface area contributed by atoms with Crippen LogP contribution in [0.25, 0.3) is 0 Å². The van der Waals surface area contributed by atoms with E-state index in [4.69, 9.17) is 0 Å². The van der Waals surface area contributed by atoms with Gasteiger partial charge in [-0.25, -0.2) is 0 Å². The van der Waals surface area contributed by atoms with E-state index in [1.807, 2.05) is 67.0 Å². The van der Waals surface area contributed by atoms with Gasteiger partial charge in [0.25, 0.3) is 10.1 Å². The first kappa shape index (κ1) is 32.8. The third-order valence-electron chi connectivity index (χ3n) is 8.37. The molecule has 0 bridgehead atoms. The summed E-state index contributed by atoms with van der Waals surface area (Å²) >= 11 is 0. The number of hydrogen-bond donors (Lipinski definition) is 3. The van der Waals surface area contributed by atoms with Gasteiger partial charge in [-0.2, -0.15) is 13.0 Å². The van der Waals surface area contributed by atoms with Crippen molar-refractivity contribution in [3.63, 3.8) is 0 Å². The van der Waals surface area contributed by atoms with Gasteiger partial charge in [-0.1, -0.05) is 55.4 Å². The first-order valence-corrected chi connectivity index (χ1v) is 17.5. The Balaban J connectivity index is 1.61. The Bertz CT molecular complexity index is 1760.